The Morgan fingerprint density at radius 3 is 2.26 bits per heavy atom. The zero-order valence-corrected chi connectivity index (χ0v) is 13.3. The summed E-state index contributed by atoms with van der Waals surface area (Å²) in [5.41, 5.74) is 8.48. The first-order valence-corrected chi connectivity index (χ1v) is 7.42. The lowest BCUT2D eigenvalue weighted by atomic mass is 9.99. The average molecular weight is 367 g/mol. The number of halogens is 1. The van der Waals surface area contributed by atoms with Crippen LogP contribution in [-0.2, 0) is 0 Å². The molecule has 0 spiro atoms. The molecule has 2 rings (SSSR count). The molecule has 0 saturated heterocycles. The summed E-state index contributed by atoms with van der Waals surface area (Å²) in [6.07, 6.45) is 0.144. The van der Waals surface area contributed by atoms with Crippen molar-refractivity contribution < 1.29 is 4.74 Å². The molecule has 0 fully saturated rings. The molecule has 1 unspecified atom stereocenters. The first-order chi connectivity index (χ1) is 9.08. The highest BCUT2D eigenvalue weighted by Gasteiger charge is 2.14. The third-order valence-electron chi connectivity index (χ3n) is 2.85. The standard InChI is InChI=1S/C16H18INO/c1-11(2)19-15-6-4-3-5-14(15)16(18)12-7-9-13(17)10-8-12/h3-11,16H,18H2,1-2H3. The number of hydrogen-bond donors (Lipinski definition) is 1. The van der Waals surface area contributed by atoms with Crippen LogP contribution in [0.4, 0.5) is 0 Å². The SMILES string of the molecule is CC(C)Oc1ccccc1C(N)c1ccc(I)cc1. The normalized spacial score (nSPS) is 12.5. The van der Waals surface area contributed by atoms with E-state index in [1.165, 1.54) is 3.57 Å². The molecule has 2 nitrogen and oxygen atoms in total. The zero-order valence-electron chi connectivity index (χ0n) is 11.1. The van der Waals surface area contributed by atoms with Crippen molar-refractivity contribution >= 4 is 22.6 Å². The van der Waals surface area contributed by atoms with Gasteiger partial charge in [-0.15, -0.1) is 0 Å². The molecule has 0 aliphatic carbocycles. The quantitative estimate of drug-likeness (QED) is 0.825. The Hall–Kier alpha value is -1.07. The molecule has 0 heterocycles. The van der Waals surface area contributed by atoms with Gasteiger partial charge in [-0.3, -0.25) is 0 Å². The monoisotopic (exact) mass is 367 g/mol. The summed E-state index contributed by atoms with van der Waals surface area (Å²) in [7, 11) is 0. The maximum atomic E-state index is 6.36. The third-order valence-corrected chi connectivity index (χ3v) is 3.57. The molecule has 19 heavy (non-hydrogen) atoms. The van der Waals surface area contributed by atoms with Crippen molar-refractivity contribution in [3.8, 4) is 5.75 Å². The molecule has 2 aromatic rings. The summed E-state index contributed by atoms with van der Waals surface area (Å²) >= 11 is 2.29. The molecule has 0 aliphatic heterocycles. The predicted molar refractivity (Wildman–Crippen MR) is 87.4 cm³/mol. The van der Waals surface area contributed by atoms with Gasteiger partial charge in [-0.05, 0) is 60.2 Å². The topological polar surface area (TPSA) is 35.2 Å². The van der Waals surface area contributed by atoms with Gasteiger partial charge in [0, 0.05) is 9.13 Å². The van der Waals surface area contributed by atoms with E-state index < -0.39 is 0 Å². The Balaban J connectivity index is 2.32. The molecular formula is C16H18INO. The van der Waals surface area contributed by atoms with Crippen LogP contribution in [0.3, 0.4) is 0 Å². The molecule has 1 atom stereocenters. The molecular weight excluding hydrogens is 349 g/mol. The number of ether oxygens (including phenoxy) is 1. The molecule has 100 valence electrons. The minimum Gasteiger partial charge on any atom is -0.491 e. The zero-order chi connectivity index (χ0) is 13.8. The molecule has 0 aromatic heterocycles. The van der Waals surface area contributed by atoms with Crippen molar-refractivity contribution in [2.45, 2.75) is 26.0 Å². The minimum atomic E-state index is -0.160. The fourth-order valence-corrected chi connectivity index (χ4v) is 2.31. The summed E-state index contributed by atoms with van der Waals surface area (Å²) in [5.74, 6) is 0.864. The van der Waals surface area contributed by atoms with Crippen LogP contribution in [0.1, 0.15) is 31.0 Å². The van der Waals surface area contributed by atoms with Crippen molar-refractivity contribution in [3.05, 3.63) is 63.2 Å². The van der Waals surface area contributed by atoms with Crippen molar-refractivity contribution in [2.75, 3.05) is 0 Å². The van der Waals surface area contributed by atoms with Gasteiger partial charge in [0.2, 0.25) is 0 Å². The maximum Gasteiger partial charge on any atom is 0.124 e. The highest BCUT2D eigenvalue weighted by molar-refractivity contribution is 14.1. The van der Waals surface area contributed by atoms with E-state index in [2.05, 4.69) is 46.9 Å². The van der Waals surface area contributed by atoms with Crippen molar-refractivity contribution in [1.82, 2.24) is 0 Å². The molecule has 0 saturated carbocycles. The molecule has 2 N–H and O–H groups in total. The van der Waals surface area contributed by atoms with Crippen molar-refractivity contribution in [3.63, 3.8) is 0 Å². The highest BCUT2D eigenvalue weighted by Crippen LogP contribution is 2.29. The van der Waals surface area contributed by atoms with Gasteiger partial charge in [-0.1, -0.05) is 30.3 Å². The second kappa shape index (κ2) is 6.39. The lowest BCUT2D eigenvalue weighted by Crippen LogP contribution is -2.15. The van der Waals surface area contributed by atoms with Gasteiger partial charge in [0.15, 0.2) is 0 Å². The lowest BCUT2D eigenvalue weighted by Gasteiger charge is -2.19. The summed E-state index contributed by atoms with van der Waals surface area (Å²) in [6, 6.07) is 16.1. The van der Waals surface area contributed by atoms with Crippen LogP contribution in [0.2, 0.25) is 0 Å². The molecule has 0 aliphatic rings. The van der Waals surface area contributed by atoms with Gasteiger partial charge in [-0.25, -0.2) is 0 Å². The van der Waals surface area contributed by atoms with E-state index in [9.17, 15) is 0 Å². The van der Waals surface area contributed by atoms with Gasteiger partial charge < -0.3 is 10.5 Å². The smallest absolute Gasteiger partial charge is 0.124 e. The molecule has 2 aromatic carbocycles. The maximum absolute atomic E-state index is 6.36. The van der Waals surface area contributed by atoms with E-state index >= 15 is 0 Å². The molecule has 0 amide bonds. The average Bonchev–Trinajstić information content (AvgIpc) is 2.39. The van der Waals surface area contributed by atoms with Gasteiger partial charge in [0.25, 0.3) is 0 Å². The number of hydrogen-bond acceptors (Lipinski definition) is 2. The van der Waals surface area contributed by atoms with Crippen LogP contribution in [0.25, 0.3) is 0 Å². The summed E-state index contributed by atoms with van der Waals surface area (Å²) < 4.78 is 7.04. The number of para-hydroxylation sites is 1. The predicted octanol–water partition coefficient (Wildman–Crippen LogP) is 4.13. The fraction of sp³-hybridized carbons (Fsp3) is 0.250. The Bertz CT molecular complexity index is 537. The second-order valence-corrected chi connectivity index (χ2v) is 5.98. The number of nitrogens with two attached hydrogens (primary N) is 1. The van der Waals surface area contributed by atoms with Gasteiger partial charge in [0.05, 0.1) is 12.1 Å². The van der Waals surface area contributed by atoms with Crippen LogP contribution in [0.5, 0.6) is 5.75 Å². The Labute approximate surface area is 128 Å². The van der Waals surface area contributed by atoms with Crippen molar-refractivity contribution in [2.24, 2.45) is 5.73 Å². The van der Waals surface area contributed by atoms with E-state index in [4.69, 9.17) is 10.5 Å². The Kier molecular flexibility index (Phi) is 4.82. The summed E-state index contributed by atoms with van der Waals surface area (Å²) in [6.45, 7) is 4.04. The third kappa shape index (κ3) is 3.70. The van der Waals surface area contributed by atoms with E-state index in [1.54, 1.807) is 0 Å². The van der Waals surface area contributed by atoms with E-state index in [0.29, 0.717) is 0 Å². The van der Waals surface area contributed by atoms with Gasteiger partial charge in [-0.2, -0.15) is 0 Å². The van der Waals surface area contributed by atoms with Gasteiger partial charge >= 0.3 is 0 Å². The molecule has 3 heteroatoms. The van der Waals surface area contributed by atoms with E-state index in [0.717, 1.165) is 16.9 Å². The fourth-order valence-electron chi connectivity index (χ4n) is 1.95. The number of benzene rings is 2. The van der Waals surface area contributed by atoms with Crippen LogP contribution in [0.15, 0.2) is 48.5 Å². The minimum absolute atomic E-state index is 0.144. The summed E-state index contributed by atoms with van der Waals surface area (Å²) in [4.78, 5) is 0. The van der Waals surface area contributed by atoms with Crippen molar-refractivity contribution in [1.29, 1.82) is 0 Å². The Morgan fingerprint density at radius 2 is 1.63 bits per heavy atom. The Morgan fingerprint density at radius 1 is 1.00 bits per heavy atom. The molecule has 0 radical (unpaired) electrons. The number of rotatable bonds is 4. The van der Waals surface area contributed by atoms with Crippen LogP contribution < -0.4 is 10.5 Å². The first kappa shape index (κ1) is 14.3. The summed E-state index contributed by atoms with van der Waals surface area (Å²) in [5, 5.41) is 0. The highest BCUT2D eigenvalue weighted by atomic mass is 127. The van der Waals surface area contributed by atoms with Crippen LogP contribution in [0, 0.1) is 3.57 Å². The second-order valence-electron chi connectivity index (χ2n) is 4.73. The van der Waals surface area contributed by atoms with Gasteiger partial charge in [0.1, 0.15) is 5.75 Å². The van der Waals surface area contributed by atoms with Crippen LogP contribution >= 0.6 is 22.6 Å². The first-order valence-electron chi connectivity index (χ1n) is 6.34. The molecule has 0 bridgehead atoms. The van der Waals surface area contributed by atoms with Crippen LogP contribution in [-0.4, -0.2) is 6.10 Å². The van der Waals surface area contributed by atoms with E-state index in [1.807, 2.05) is 38.1 Å². The largest absolute Gasteiger partial charge is 0.491 e. The van der Waals surface area contributed by atoms with E-state index in [-0.39, 0.29) is 12.1 Å². The lowest BCUT2D eigenvalue weighted by molar-refractivity contribution is 0.239.